The first-order valence-electron chi connectivity index (χ1n) is 10.7. The van der Waals surface area contributed by atoms with Crippen molar-refractivity contribution in [2.24, 2.45) is 0 Å². The summed E-state index contributed by atoms with van der Waals surface area (Å²) in [5.74, 6) is 1.87. The van der Waals surface area contributed by atoms with Gasteiger partial charge in [0.2, 0.25) is 0 Å². The van der Waals surface area contributed by atoms with E-state index in [0.717, 1.165) is 17.6 Å². The number of carbonyl (C=O) groups excluding carboxylic acids is 2. The number of hydrogen-bond donors (Lipinski definition) is 0. The van der Waals surface area contributed by atoms with Gasteiger partial charge in [-0.3, -0.25) is 4.79 Å². The zero-order valence-electron chi connectivity index (χ0n) is 18.7. The zero-order chi connectivity index (χ0) is 22.4. The minimum Gasteiger partial charge on any atom is -0.493 e. The number of para-hydroxylation sites is 1. The standard InChI is InChI=1S/C25H31NO5/c1-18(2)30-22-10-9-20(17-23(22)29-4)24(28)26-14-11-25(12-15-26,13-16-27)31-21-8-6-5-7-19(21)3/h5-10,16-18H,11-15H2,1-4H3. The normalized spacial score (nSPS) is 15.5. The number of amides is 1. The van der Waals surface area contributed by atoms with Gasteiger partial charge in [-0.25, -0.2) is 0 Å². The number of aryl methyl sites for hydroxylation is 1. The first-order chi connectivity index (χ1) is 14.9. The van der Waals surface area contributed by atoms with E-state index in [0.29, 0.717) is 49.4 Å². The molecule has 0 bridgehead atoms. The largest absolute Gasteiger partial charge is 0.493 e. The summed E-state index contributed by atoms with van der Waals surface area (Å²) in [6.45, 7) is 6.91. The fraction of sp³-hybridized carbons (Fsp3) is 0.440. The highest BCUT2D eigenvalue weighted by atomic mass is 16.5. The van der Waals surface area contributed by atoms with Crippen LogP contribution in [-0.4, -0.2) is 49.0 Å². The number of hydrogen-bond acceptors (Lipinski definition) is 5. The summed E-state index contributed by atoms with van der Waals surface area (Å²) < 4.78 is 17.5. The Morgan fingerprint density at radius 2 is 1.81 bits per heavy atom. The van der Waals surface area contributed by atoms with Gasteiger partial charge in [-0.05, 0) is 50.6 Å². The number of ether oxygens (including phenoxy) is 3. The van der Waals surface area contributed by atoms with Crippen molar-refractivity contribution < 1.29 is 23.8 Å². The second kappa shape index (κ2) is 9.86. The molecule has 1 saturated heterocycles. The predicted molar refractivity (Wildman–Crippen MR) is 119 cm³/mol. The van der Waals surface area contributed by atoms with Gasteiger partial charge in [0.05, 0.1) is 13.2 Å². The molecule has 6 nitrogen and oxygen atoms in total. The Hall–Kier alpha value is -3.02. The van der Waals surface area contributed by atoms with Crippen molar-refractivity contribution in [3.8, 4) is 17.2 Å². The Kier molecular flexibility index (Phi) is 7.21. The van der Waals surface area contributed by atoms with Crippen molar-refractivity contribution in [2.45, 2.75) is 51.7 Å². The molecule has 0 aliphatic carbocycles. The predicted octanol–water partition coefficient (Wildman–Crippen LogP) is 4.43. The van der Waals surface area contributed by atoms with Gasteiger partial charge < -0.3 is 23.9 Å². The number of rotatable bonds is 8. The van der Waals surface area contributed by atoms with Crippen molar-refractivity contribution in [1.29, 1.82) is 0 Å². The molecular formula is C25H31NO5. The van der Waals surface area contributed by atoms with Crippen LogP contribution < -0.4 is 14.2 Å². The summed E-state index contributed by atoms with van der Waals surface area (Å²) in [7, 11) is 1.56. The molecule has 0 radical (unpaired) electrons. The third kappa shape index (κ3) is 5.37. The van der Waals surface area contributed by atoms with E-state index in [1.54, 1.807) is 25.3 Å². The van der Waals surface area contributed by atoms with Crippen LogP contribution >= 0.6 is 0 Å². The number of nitrogens with zero attached hydrogens (tertiary/aromatic N) is 1. The smallest absolute Gasteiger partial charge is 0.253 e. The first kappa shape index (κ1) is 22.7. The van der Waals surface area contributed by atoms with Crippen LogP contribution in [0.3, 0.4) is 0 Å². The molecule has 2 aromatic carbocycles. The number of aldehydes is 1. The molecule has 0 unspecified atom stereocenters. The van der Waals surface area contributed by atoms with Gasteiger partial charge in [-0.1, -0.05) is 18.2 Å². The summed E-state index contributed by atoms with van der Waals surface area (Å²) in [6, 6.07) is 13.1. The maximum atomic E-state index is 13.1. The lowest BCUT2D eigenvalue weighted by Gasteiger charge is -2.41. The molecule has 0 atom stereocenters. The third-order valence-electron chi connectivity index (χ3n) is 5.61. The van der Waals surface area contributed by atoms with Gasteiger partial charge in [0.1, 0.15) is 17.6 Å². The third-order valence-corrected chi connectivity index (χ3v) is 5.61. The summed E-state index contributed by atoms with van der Waals surface area (Å²) in [5, 5.41) is 0. The quantitative estimate of drug-likeness (QED) is 0.585. The van der Waals surface area contributed by atoms with Crippen LogP contribution in [0.2, 0.25) is 0 Å². The average Bonchev–Trinajstić information content (AvgIpc) is 2.75. The van der Waals surface area contributed by atoms with Gasteiger partial charge in [0.15, 0.2) is 11.5 Å². The van der Waals surface area contributed by atoms with E-state index in [9.17, 15) is 9.59 Å². The summed E-state index contributed by atoms with van der Waals surface area (Å²) in [6.07, 6.45) is 2.42. The van der Waals surface area contributed by atoms with Crippen LogP contribution in [0.1, 0.15) is 49.0 Å². The Labute approximate surface area is 184 Å². The molecule has 1 heterocycles. The lowest BCUT2D eigenvalue weighted by molar-refractivity contribution is -0.112. The lowest BCUT2D eigenvalue weighted by atomic mass is 9.87. The second-order valence-electron chi connectivity index (χ2n) is 8.25. The van der Waals surface area contributed by atoms with E-state index in [4.69, 9.17) is 14.2 Å². The Morgan fingerprint density at radius 3 is 2.42 bits per heavy atom. The van der Waals surface area contributed by atoms with E-state index in [1.807, 2.05) is 49.9 Å². The molecule has 0 aromatic heterocycles. The molecule has 3 rings (SSSR count). The average molecular weight is 426 g/mol. The van der Waals surface area contributed by atoms with Gasteiger partial charge in [-0.2, -0.15) is 0 Å². The highest BCUT2D eigenvalue weighted by molar-refractivity contribution is 5.95. The van der Waals surface area contributed by atoms with E-state index < -0.39 is 5.60 Å². The van der Waals surface area contributed by atoms with E-state index >= 15 is 0 Å². The van der Waals surface area contributed by atoms with E-state index in [1.165, 1.54) is 0 Å². The highest BCUT2D eigenvalue weighted by Gasteiger charge is 2.38. The molecule has 2 aromatic rings. The topological polar surface area (TPSA) is 65.1 Å². The maximum absolute atomic E-state index is 13.1. The molecule has 1 fully saturated rings. The van der Waals surface area contributed by atoms with Crippen LogP contribution in [0.15, 0.2) is 42.5 Å². The minimum absolute atomic E-state index is 0.0109. The van der Waals surface area contributed by atoms with Gasteiger partial charge >= 0.3 is 0 Å². The molecule has 1 amide bonds. The van der Waals surface area contributed by atoms with Gasteiger partial charge in [-0.15, -0.1) is 0 Å². The van der Waals surface area contributed by atoms with Crippen LogP contribution in [0, 0.1) is 6.92 Å². The van der Waals surface area contributed by atoms with Crippen molar-refractivity contribution in [3.05, 3.63) is 53.6 Å². The Balaban J connectivity index is 1.72. The number of benzene rings is 2. The van der Waals surface area contributed by atoms with Crippen molar-refractivity contribution >= 4 is 12.2 Å². The lowest BCUT2D eigenvalue weighted by Crippen LogP contribution is -2.50. The Morgan fingerprint density at radius 1 is 1.10 bits per heavy atom. The second-order valence-corrected chi connectivity index (χ2v) is 8.25. The van der Waals surface area contributed by atoms with Crippen molar-refractivity contribution in [1.82, 2.24) is 4.90 Å². The molecule has 0 saturated carbocycles. The Bertz CT molecular complexity index is 916. The monoisotopic (exact) mass is 425 g/mol. The number of likely N-dealkylation sites (tertiary alicyclic amines) is 1. The SMILES string of the molecule is COc1cc(C(=O)N2CCC(CC=O)(Oc3ccccc3C)CC2)ccc1OC(C)C. The molecule has 0 spiro atoms. The van der Waals surface area contributed by atoms with Crippen molar-refractivity contribution in [2.75, 3.05) is 20.2 Å². The van der Waals surface area contributed by atoms with Gasteiger partial charge in [0, 0.05) is 37.9 Å². The molecule has 1 aliphatic rings. The number of piperidine rings is 1. The number of methoxy groups -OCH3 is 1. The van der Waals surface area contributed by atoms with Crippen LogP contribution in [0.5, 0.6) is 17.2 Å². The molecule has 1 aliphatic heterocycles. The zero-order valence-corrected chi connectivity index (χ0v) is 18.7. The van der Waals surface area contributed by atoms with E-state index in [-0.39, 0.29) is 12.0 Å². The fourth-order valence-electron chi connectivity index (χ4n) is 3.86. The van der Waals surface area contributed by atoms with Gasteiger partial charge in [0.25, 0.3) is 5.91 Å². The fourth-order valence-corrected chi connectivity index (χ4v) is 3.86. The van der Waals surface area contributed by atoms with Crippen LogP contribution in [0.4, 0.5) is 0 Å². The van der Waals surface area contributed by atoms with Crippen molar-refractivity contribution in [3.63, 3.8) is 0 Å². The van der Waals surface area contributed by atoms with Crippen LogP contribution in [0.25, 0.3) is 0 Å². The molecule has 0 N–H and O–H groups in total. The molecule has 166 valence electrons. The molecule has 6 heteroatoms. The number of carbonyl (C=O) groups is 2. The minimum atomic E-state index is -0.586. The summed E-state index contributed by atoms with van der Waals surface area (Å²) in [5.41, 5.74) is 0.995. The first-order valence-corrected chi connectivity index (χ1v) is 10.7. The molecular weight excluding hydrogens is 394 g/mol. The molecule has 31 heavy (non-hydrogen) atoms. The summed E-state index contributed by atoms with van der Waals surface area (Å²) in [4.78, 5) is 26.3. The van der Waals surface area contributed by atoms with Crippen LogP contribution in [-0.2, 0) is 4.79 Å². The highest BCUT2D eigenvalue weighted by Crippen LogP contribution is 2.34. The van der Waals surface area contributed by atoms with E-state index in [2.05, 4.69) is 0 Å². The summed E-state index contributed by atoms with van der Waals surface area (Å²) >= 11 is 0. The maximum Gasteiger partial charge on any atom is 0.253 e.